The van der Waals surface area contributed by atoms with Crippen LogP contribution in [0.4, 0.5) is 0 Å². The Morgan fingerprint density at radius 1 is 1.36 bits per heavy atom. The summed E-state index contributed by atoms with van der Waals surface area (Å²) in [5.74, 6) is 0. The molecule has 0 atom stereocenters. The van der Waals surface area contributed by atoms with Gasteiger partial charge in [0.1, 0.15) is 0 Å². The minimum absolute atomic E-state index is 0.832. The summed E-state index contributed by atoms with van der Waals surface area (Å²) in [6.45, 7) is 0. The molecule has 0 aliphatic rings. The maximum atomic E-state index is 5.96. The Bertz CT molecular complexity index is 228. The fourth-order valence-corrected chi connectivity index (χ4v) is 2.21. The van der Waals surface area contributed by atoms with Crippen LogP contribution in [0.25, 0.3) is 0 Å². The van der Waals surface area contributed by atoms with Crippen molar-refractivity contribution in [3.05, 3.63) is 33.3 Å². The maximum absolute atomic E-state index is 5.96. The Hall–Kier alpha value is 0.470. The van der Waals surface area contributed by atoms with Gasteiger partial charge in [0.05, 0.1) is 0 Å². The van der Waals surface area contributed by atoms with Crippen molar-refractivity contribution in [1.82, 2.24) is 0 Å². The first-order valence-corrected chi connectivity index (χ1v) is 5.54. The van der Waals surface area contributed by atoms with Gasteiger partial charge in [0.25, 0.3) is 0 Å². The molecule has 0 saturated heterocycles. The van der Waals surface area contributed by atoms with Crippen LogP contribution in [0.1, 0.15) is 5.56 Å². The van der Waals surface area contributed by atoms with Gasteiger partial charge in [-0.3, -0.25) is 0 Å². The molecule has 3 heteroatoms. The Balaban J connectivity index is 3.00. The number of hydrogen-bond acceptors (Lipinski definition) is 0. The number of hydrogen-bond donors (Lipinski definition) is 0. The van der Waals surface area contributed by atoms with Crippen LogP contribution in [0.15, 0.2) is 22.7 Å². The van der Waals surface area contributed by atoms with E-state index in [4.69, 9.17) is 11.6 Å². The normalized spacial score (nSPS) is 10.1. The van der Waals surface area contributed by atoms with E-state index in [0.717, 1.165) is 21.2 Å². The summed E-state index contributed by atoms with van der Waals surface area (Å²) in [6.07, 6.45) is 0.959. The van der Waals surface area contributed by atoms with Crippen LogP contribution in [0.2, 0.25) is 5.02 Å². The lowest BCUT2D eigenvalue weighted by Gasteiger charge is -2.03. The van der Waals surface area contributed by atoms with Crippen molar-refractivity contribution < 1.29 is 0 Å². The Kier molecular flexibility index (Phi) is 3.90. The first-order valence-electron chi connectivity index (χ1n) is 3.24. The second-order valence-corrected chi connectivity index (χ2v) is 4.19. The number of alkyl halides is 1. The fourth-order valence-electron chi connectivity index (χ4n) is 0.866. The molecule has 0 fully saturated rings. The molecule has 0 nitrogen and oxygen atoms in total. The molecule has 0 bridgehead atoms. The van der Waals surface area contributed by atoms with E-state index < -0.39 is 0 Å². The molecule has 0 N–H and O–H groups in total. The van der Waals surface area contributed by atoms with Gasteiger partial charge in [-0.2, -0.15) is 0 Å². The van der Waals surface area contributed by atoms with Crippen molar-refractivity contribution in [2.45, 2.75) is 6.42 Å². The lowest BCUT2D eigenvalue weighted by atomic mass is 10.2. The van der Waals surface area contributed by atoms with Crippen LogP contribution >= 0.6 is 43.5 Å². The molecule has 11 heavy (non-hydrogen) atoms. The summed E-state index contributed by atoms with van der Waals surface area (Å²) in [5, 5.41) is 1.77. The quantitative estimate of drug-likeness (QED) is 0.723. The molecule has 0 amide bonds. The molecule has 60 valence electrons. The van der Waals surface area contributed by atoms with E-state index in [1.807, 2.05) is 18.2 Å². The summed E-state index contributed by atoms with van der Waals surface area (Å²) < 4.78 is 1.09. The van der Waals surface area contributed by atoms with Crippen molar-refractivity contribution in [2.75, 3.05) is 5.33 Å². The Labute approximate surface area is 88.2 Å². The second kappa shape index (κ2) is 4.48. The fraction of sp³-hybridized carbons (Fsp3) is 0.250. The van der Waals surface area contributed by atoms with E-state index in [9.17, 15) is 0 Å². The summed E-state index contributed by atoms with van der Waals surface area (Å²) >= 11 is 12.8. The van der Waals surface area contributed by atoms with Crippen molar-refractivity contribution >= 4 is 43.5 Å². The molecule has 0 aliphatic heterocycles. The zero-order chi connectivity index (χ0) is 8.27. The number of rotatable bonds is 2. The molecule has 0 heterocycles. The topological polar surface area (TPSA) is 0 Å². The number of benzene rings is 1. The molecular weight excluding hydrogens is 291 g/mol. The standard InChI is InChI=1S/C8H7Br2Cl/c9-5-4-6-7(10)2-1-3-8(6)11/h1-3H,4-5H2. The molecule has 1 aromatic rings. The summed E-state index contributed by atoms with van der Waals surface area (Å²) in [7, 11) is 0. The predicted molar refractivity (Wildman–Crippen MR) is 56.7 cm³/mol. The first-order chi connectivity index (χ1) is 5.25. The van der Waals surface area contributed by atoms with Crippen LogP contribution < -0.4 is 0 Å². The van der Waals surface area contributed by atoms with E-state index in [1.165, 1.54) is 5.56 Å². The van der Waals surface area contributed by atoms with Gasteiger partial charge >= 0.3 is 0 Å². The van der Waals surface area contributed by atoms with Gasteiger partial charge in [0.15, 0.2) is 0 Å². The molecule has 0 radical (unpaired) electrons. The lowest BCUT2D eigenvalue weighted by molar-refractivity contribution is 1.15. The number of halogens is 3. The summed E-state index contributed by atoms with van der Waals surface area (Å²) in [5.41, 5.74) is 1.17. The maximum Gasteiger partial charge on any atom is 0.0449 e. The molecule has 1 rings (SSSR count). The minimum atomic E-state index is 0.832. The van der Waals surface area contributed by atoms with E-state index in [1.54, 1.807) is 0 Å². The monoisotopic (exact) mass is 296 g/mol. The van der Waals surface area contributed by atoms with Gasteiger partial charge in [-0.1, -0.05) is 49.5 Å². The van der Waals surface area contributed by atoms with Gasteiger partial charge in [0.2, 0.25) is 0 Å². The van der Waals surface area contributed by atoms with E-state index in [-0.39, 0.29) is 0 Å². The minimum Gasteiger partial charge on any atom is -0.0924 e. The highest BCUT2D eigenvalue weighted by Gasteiger charge is 2.02. The van der Waals surface area contributed by atoms with Gasteiger partial charge in [0, 0.05) is 14.8 Å². The van der Waals surface area contributed by atoms with Gasteiger partial charge < -0.3 is 0 Å². The largest absolute Gasteiger partial charge is 0.0924 e. The van der Waals surface area contributed by atoms with Crippen molar-refractivity contribution in [3.8, 4) is 0 Å². The highest BCUT2D eigenvalue weighted by molar-refractivity contribution is 9.10. The second-order valence-electron chi connectivity index (χ2n) is 2.14. The molecule has 1 aromatic carbocycles. The van der Waals surface area contributed by atoms with Crippen LogP contribution in [-0.4, -0.2) is 5.33 Å². The molecule has 0 unspecified atom stereocenters. The van der Waals surface area contributed by atoms with Gasteiger partial charge in [-0.05, 0) is 24.1 Å². The predicted octanol–water partition coefficient (Wildman–Crippen LogP) is 4.04. The Morgan fingerprint density at radius 2 is 2.09 bits per heavy atom. The third-order valence-electron chi connectivity index (χ3n) is 1.41. The molecule has 0 saturated carbocycles. The third kappa shape index (κ3) is 2.46. The highest BCUT2D eigenvalue weighted by Crippen LogP contribution is 2.25. The highest BCUT2D eigenvalue weighted by atomic mass is 79.9. The Morgan fingerprint density at radius 3 is 2.64 bits per heavy atom. The molecule has 0 spiro atoms. The molecule has 0 aliphatic carbocycles. The van der Waals surface area contributed by atoms with Crippen LogP contribution in [0.5, 0.6) is 0 Å². The van der Waals surface area contributed by atoms with Crippen molar-refractivity contribution in [3.63, 3.8) is 0 Å². The zero-order valence-electron chi connectivity index (χ0n) is 5.78. The van der Waals surface area contributed by atoms with Gasteiger partial charge in [-0.15, -0.1) is 0 Å². The van der Waals surface area contributed by atoms with E-state index in [0.29, 0.717) is 0 Å². The summed E-state index contributed by atoms with van der Waals surface area (Å²) in [4.78, 5) is 0. The van der Waals surface area contributed by atoms with Crippen LogP contribution in [0.3, 0.4) is 0 Å². The SMILES string of the molecule is Clc1cccc(Br)c1CCBr. The molecule has 0 aromatic heterocycles. The average molecular weight is 298 g/mol. The van der Waals surface area contributed by atoms with Crippen molar-refractivity contribution in [2.24, 2.45) is 0 Å². The van der Waals surface area contributed by atoms with E-state index in [2.05, 4.69) is 31.9 Å². The van der Waals surface area contributed by atoms with Gasteiger partial charge in [-0.25, -0.2) is 0 Å². The average Bonchev–Trinajstić information content (AvgIpc) is 1.97. The van der Waals surface area contributed by atoms with Crippen molar-refractivity contribution in [1.29, 1.82) is 0 Å². The molecular formula is C8H7Br2Cl. The van der Waals surface area contributed by atoms with Crippen LogP contribution in [0, 0.1) is 0 Å². The smallest absolute Gasteiger partial charge is 0.0449 e. The van der Waals surface area contributed by atoms with Crippen LogP contribution in [-0.2, 0) is 6.42 Å². The van der Waals surface area contributed by atoms with E-state index >= 15 is 0 Å². The zero-order valence-corrected chi connectivity index (χ0v) is 9.71. The third-order valence-corrected chi connectivity index (χ3v) is 2.90. The lowest BCUT2D eigenvalue weighted by Crippen LogP contribution is -1.88. The summed E-state index contributed by atoms with van der Waals surface area (Å²) in [6, 6.07) is 5.85. The first kappa shape index (κ1) is 9.56.